The first kappa shape index (κ1) is 11.8. The number of carbonyl (C=O) groups is 1. The van der Waals surface area contributed by atoms with Gasteiger partial charge in [0.15, 0.2) is 0 Å². The van der Waals surface area contributed by atoms with E-state index in [2.05, 4.69) is 6.92 Å². The van der Waals surface area contributed by atoms with Crippen LogP contribution in [0.1, 0.15) is 13.3 Å². The molecule has 0 aromatic rings. The van der Waals surface area contributed by atoms with Gasteiger partial charge in [0.1, 0.15) is 5.57 Å². The standard InChI is InChI=1S/C9H15O4/c1-5-6-13-8(10)7(2)9(11-3)12-4/h1,5-6H2,2-4H3. The zero-order valence-corrected chi connectivity index (χ0v) is 8.25. The van der Waals surface area contributed by atoms with Gasteiger partial charge in [-0.1, -0.05) is 0 Å². The van der Waals surface area contributed by atoms with Gasteiger partial charge in [0.05, 0.1) is 20.8 Å². The summed E-state index contributed by atoms with van der Waals surface area (Å²) in [4.78, 5) is 11.2. The van der Waals surface area contributed by atoms with E-state index in [1.165, 1.54) is 14.2 Å². The minimum atomic E-state index is -0.442. The molecule has 0 amide bonds. The van der Waals surface area contributed by atoms with Crippen molar-refractivity contribution in [3.8, 4) is 0 Å². The van der Waals surface area contributed by atoms with Crippen LogP contribution in [0, 0.1) is 6.92 Å². The maximum atomic E-state index is 11.2. The van der Waals surface area contributed by atoms with Gasteiger partial charge >= 0.3 is 5.97 Å². The molecular formula is C9H15O4. The molecule has 0 rings (SSSR count). The largest absolute Gasteiger partial charge is 0.468 e. The molecule has 4 heteroatoms. The van der Waals surface area contributed by atoms with Gasteiger partial charge in [-0.05, 0) is 20.3 Å². The fraction of sp³-hybridized carbons (Fsp3) is 0.556. The number of methoxy groups -OCH3 is 2. The number of hydrogen-bond acceptors (Lipinski definition) is 4. The highest BCUT2D eigenvalue weighted by atomic mass is 16.7. The van der Waals surface area contributed by atoms with Crippen LogP contribution in [0.3, 0.4) is 0 Å². The summed E-state index contributed by atoms with van der Waals surface area (Å²) in [6.45, 7) is 5.43. The summed E-state index contributed by atoms with van der Waals surface area (Å²) in [5, 5.41) is 0. The normalized spacial score (nSPS) is 8.92. The Labute approximate surface area is 78.5 Å². The molecule has 0 aromatic heterocycles. The van der Waals surface area contributed by atoms with Gasteiger partial charge in [0, 0.05) is 0 Å². The molecule has 0 aliphatic rings. The van der Waals surface area contributed by atoms with E-state index in [1.807, 2.05) is 0 Å². The predicted molar refractivity (Wildman–Crippen MR) is 47.7 cm³/mol. The first-order valence-corrected chi connectivity index (χ1v) is 3.92. The molecule has 0 saturated carbocycles. The Bertz CT molecular complexity index is 190. The maximum absolute atomic E-state index is 11.2. The third kappa shape index (κ3) is 3.83. The van der Waals surface area contributed by atoms with Crippen LogP contribution in [0.4, 0.5) is 0 Å². The highest BCUT2D eigenvalue weighted by Crippen LogP contribution is 2.07. The van der Waals surface area contributed by atoms with Gasteiger partial charge in [0.2, 0.25) is 0 Å². The Hall–Kier alpha value is -1.19. The summed E-state index contributed by atoms with van der Waals surface area (Å²) in [5.74, 6) is -0.267. The Morgan fingerprint density at radius 3 is 2.23 bits per heavy atom. The van der Waals surface area contributed by atoms with Gasteiger partial charge in [-0.15, -0.1) is 0 Å². The lowest BCUT2D eigenvalue weighted by atomic mass is 10.3. The molecule has 0 N–H and O–H groups in total. The van der Waals surface area contributed by atoms with Gasteiger partial charge in [-0.25, -0.2) is 4.79 Å². The first-order chi connectivity index (χ1) is 6.17. The van der Waals surface area contributed by atoms with Crippen molar-refractivity contribution >= 4 is 5.97 Å². The molecule has 75 valence electrons. The molecule has 0 aliphatic carbocycles. The van der Waals surface area contributed by atoms with Crippen LogP contribution in [0.25, 0.3) is 0 Å². The zero-order chi connectivity index (χ0) is 10.3. The van der Waals surface area contributed by atoms with Crippen molar-refractivity contribution in [3.05, 3.63) is 18.4 Å². The lowest BCUT2D eigenvalue weighted by Crippen LogP contribution is -2.10. The number of rotatable bonds is 5. The highest BCUT2D eigenvalue weighted by molar-refractivity contribution is 5.87. The summed E-state index contributed by atoms with van der Waals surface area (Å²) in [6.07, 6.45) is 0.550. The van der Waals surface area contributed by atoms with E-state index in [-0.39, 0.29) is 5.95 Å². The Kier molecular flexibility index (Phi) is 5.76. The number of carbonyl (C=O) groups excluding carboxylic acids is 1. The topological polar surface area (TPSA) is 44.8 Å². The summed E-state index contributed by atoms with van der Waals surface area (Å²) in [7, 11) is 2.86. The van der Waals surface area contributed by atoms with Crippen LogP contribution in [0.15, 0.2) is 11.5 Å². The molecular weight excluding hydrogens is 172 g/mol. The maximum Gasteiger partial charge on any atom is 0.340 e. The zero-order valence-electron chi connectivity index (χ0n) is 8.25. The Morgan fingerprint density at radius 2 is 1.85 bits per heavy atom. The minimum Gasteiger partial charge on any atom is -0.468 e. The summed E-state index contributed by atoms with van der Waals surface area (Å²) >= 11 is 0. The van der Waals surface area contributed by atoms with Crippen LogP contribution in [0.5, 0.6) is 0 Å². The van der Waals surface area contributed by atoms with Crippen LogP contribution in [-0.4, -0.2) is 26.8 Å². The molecule has 4 nitrogen and oxygen atoms in total. The molecule has 0 aliphatic heterocycles. The summed E-state index contributed by atoms with van der Waals surface area (Å²) in [6, 6.07) is 0. The van der Waals surface area contributed by atoms with E-state index in [4.69, 9.17) is 14.2 Å². The van der Waals surface area contributed by atoms with Gasteiger partial charge < -0.3 is 14.2 Å². The van der Waals surface area contributed by atoms with Crippen molar-refractivity contribution in [2.75, 3.05) is 20.8 Å². The van der Waals surface area contributed by atoms with Crippen molar-refractivity contribution in [2.45, 2.75) is 13.3 Å². The fourth-order valence-corrected chi connectivity index (χ4v) is 0.746. The average molecular weight is 187 g/mol. The third-order valence-corrected chi connectivity index (χ3v) is 1.36. The van der Waals surface area contributed by atoms with E-state index < -0.39 is 5.97 Å². The fourth-order valence-electron chi connectivity index (χ4n) is 0.746. The minimum absolute atomic E-state index is 0.175. The van der Waals surface area contributed by atoms with Crippen molar-refractivity contribution in [2.24, 2.45) is 0 Å². The smallest absolute Gasteiger partial charge is 0.340 e. The molecule has 0 aromatic carbocycles. The second kappa shape index (κ2) is 6.34. The first-order valence-electron chi connectivity index (χ1n) is 3.92. The molecule has 0 fully saturated rings. The molecule has 0 atom stereocenters. The SMILES string of the molecule is [CH2]CCOC(=O)C(C)=C(OC)OC. The highest BCUT2D eigenvalue weighted by Gasteiger charge is 2.12. The van der Waals surface area contributed by atoms with Crippen molar-refractivity contribution < 1.29 is 19.0 Å². The molecule has 0 spiro atoms. The monoisotopic (exact) mass is 187 g/mol. The molecule has 0 saturated heterocycles. The van der Waals surface area contributed by atoms with E-state index in [0.717, 1.165) is 0 Å². The quantitative estimate of drug-likeness (QED) is 0.369. The van der Waals surface area contributed by atoms with Crippen LogP contribution < -0.4 is 0 Å². The van der Waals surface area contributed by atoms with Gasteiger partial charge in [-0.3, -0.25) is 0 Å². The summed E-state index contributed by atoms with van der Waals surface area (Å²) < 4.78 is 14.4. The molecule has 0 bridgehead atoms. The average Bonchev–Trinajstić information content (AvgIpc) is 2.15. The van der Waals surface area contributed by atoms with E-state index in [0.29, 0.717) is 18.6 Å². The Morgan fingerprint density at radius 1 is 1.31 bits per heavy atom. The van der Waals surface area contributed by atoms with Gasteiger partial charge in [0.25, 0.3) is 5.95 Å². The van der Waals surface area contributed by atoms with Crippen molar-refractivity contribution in [1.82, 2.24) is 0 Å². The van der Waals surface area contributed by atoms with E-state index >= 15 is 0 Å². The van der Waals surface area contributed by atoms with E-state index in [1.54, 1.807) is 6.92 Å². The molecule has 1 radical (unpaired) electrons. The number of ether oxygens (including phenoxy) is 3. The van der Waals surface area contributed by atoms with Crippen molar-refractivity contribution in [3.63, 3.8) is 0 Å². The van der Waals surface area contributed by atoms with Crippen molar-refractivity contribution in [1.29, 1.82) is 0 Å². The van der Waals surface area contributed by atoms with Crippen LogP contribution >= 0.6 is 0 Å². The second-order valence-corrected chi connectivity index (χ2v) is 2.31. The number of esters is 1. The van der Waals surface area contributed by atoms with Crippen LogP contribution in [0.2, 0.25) is 0 Å². The lowest BCUT2D eigenvalue weighted by molar-refractivity contribution is -0.139. The van der Waals surface area contributed by atoms with E-state index in [9.17, 15) is 4.79 Å². The van der Waals surface area contributed by atoms with Crippen LogP contribution in [-0.2, 0) is 19.0 Å². The second-order valence-electron chi connectivity index (χ2n) is 2.31. The molecule has 0 heterocycles. The lowest BCUT2D eigenvalue weighted by Gasteiger charge is -2.08. The van der Waals surface area contributed by atoms with Gasteiger partial charge in [-0.2, -0.15) is 0 Å². The number of hydrogen-bond donors (Lipinski definition) is 0. The predicted octanol–water partition coefficient (Wildman–Crippen LogP) is 1.28. The molecule has 13 heavy (non-hydrogen) atoms. The molecule has 0 unspecified atom stereocenters. The third-order valence-electron chi connectivity index (χ3n) is 1.36. The Balaban J connectivity index is 4.28. The summed E-state index contributed by atoms with van der Waals surface area (Å²) in [5.41, 5.74) is 0.318.